The van der Waals surface area contributed by atoms with E-state index in [0.717, 1.165) is 12.0 Å². The molecule has 0 heterocycles. The van der Waals surface area contributed by atoms with E-state index in [-0.39, 0.29) is 18.7 Å². The summed E-state index contributed by atoms with van der Waals surface area (Å²) in [6, 6.07) is 5.59. The molecule has 1 unspecified atom stereocenters. The SMILES string of the molecule is CCC(N[C@@H](C)CO)c1c(Cl)cccc1Cl. The van der Waals surface area contributed by atoms with Gasteiger partial charge in [0.05, 0.1) is 6.61 Å². The van der Waals surface area contributed by atoms with Gasteiger partial charge in [-0.2, -0.15) is 0 Å². The summed E-state index contributed by atoms with van der Waals surface area (Å²) in [5.74, 6) is 0. The van der Waals surface area contributed by atoms with Gasteiger partial charge in [-0.1, -0.05) is 36.2 Å². The van der Waals surface area contributed by atoms with Gasteiger partial charge in [0, 0.05) is 27.7 Å². The highest BCUT2D eigenvalue weighted by atomic mass is 35.5. The van der Waals surface area contributed by atoms with Crippen LogP contribution in [0.2, 0.25) is 10.0 Å². The standard InChI is InChI=1S/C12H17Cl2NO/c1-3-11(15-8(2)7-16)12-9(13)5-4-6-10(12)14/h4-6,8,11,15-16H,3,7H2,1-2H3/t8-,11?/m0/s1. The van der Waals surface area contributed by atoms with Crippen molar-refractivity contribution >= 4 is 23.2 Å². The van der Waals surface area contributed by atoms with E-state index in [0.29, 0.717) is 10.0 Å². The van der Waals surface area contributed by atoms with Crippen LogP contribution >= 0.6 is 23.2 Å². The van der Waals surface area contributed by atoms with Gasteiger partial charge in [-0.15, -0.1) is 0 Å². The monoisotopic (exact) mass is 261 g/mol. The Morgan fingerprint density at radius 1 is 1.31 bits per heavy atom. The maximum Gasteiger partial charge on any atom is 0.0582 e. The Bertz CT molecular complexity index is 324. The Morgan fingerprint density at radius 2 is 1.88 bits per heavy atom. The van der Waals surface area contributed by atoms with Gasteiger partial charge in [0.1, 0.15) is 0 Å². The number of halogens is 2. The van der Waals surface area contributed by atoms with Gasteiger partial charge in [-0.3, -0.25) is 0 Å². The predicted molar refractivity (Wildman–Crippen MR) is 69.2 cm³/mol. The molecule has 2 atom stereocenters. The van der Waals surface area contributed by atoms with Gasteiger partial charge >= 0.3 is 0 Å². The first kappa shape index (κ1) is 13.8. The lowest BCUT2D eigenvalue weighted by molar-refractivity contribution is 0.239. The van der Waals surface area contributed by atoms with E-state index >= 15 is 0 Å². The third-order valence-corrected chi connectivity index (χ3v) is 3.18. The Kier molecular flexibility index (Phi) is 5.56. The molecule has 90 valence electrons. The molecular formula is C12H17Cl2NO. The third kappa shape index (κ3) is 3.36. The number of nitrogens with one attached hydrogen (secondary N) is 1. The van der Waals surface area contributed by atoms with E-state index in [1.54, 1.807) is 0 Å². The lowest BCUT2D eigenvalue weighted by Crippen LogP contribution is -2.33. The summed E-state index contributed by atoms with van der Waals surface area (Å²) in [4.78, 5) is 0. The summed E-state index contributed by atoms with van der Waals surface area (Å²) in [6.07, 6.45) is 0.869. The molecule has 0 radical (unpaired) electrons. The number of hydrogen-bond acceptors (Lipinski definition) is 2. The molecule has 1 aromatic rings. The minimum absolute atomic E-state index is 0.0253. The van der Waals surface area contributed by atoms with Crippen LogP contribution in [0.3, 0.4) is 0 Å². The minimum Gasteiger partial charge on any atom is -0.395 e. The number of aliphatic hydroxyl groups excluding tert-OH is 1. The van der Waals surface area contributed by atoms with Gasteiger partial charge in [0.15, 0.2) is 0 Å². The van der Waals surface area contributed by atoms with E-state index in [4.69, 9.17) is 28.3 Å². The zero-order valence-corrected chi connectivity index (χ0v) is 11.0. The van der Waals surface area contributed by atoms with Gasteiger partial charge in [-0.05, 0) is 25.5 Å². The molecule has 0 saturated carbocycles. The summed E-state index contributed by atoms with van der Waals surface area (Å²) in [7, 11) is 0. The summed E-state index contributed by atoms with van der Waals surface area (Å²) < 4.78 is 0. The molecule has 0 aliphatic carbocycles. The van der Waals surface area contributed by atoms with Gasteiger partial charge in [0.2, 0.25) is 0 Å². The molecule has 0 spiro atoms. The zero-order valence-electron chi connectivity index (χ0n) is 9.50. The highest BCUT2D eigenvalue weighted by Crippen LogP contribution is 2.32. The number of benzene rings is 1. The number of rotatable bonds is 5. The Hall–Kier alpha value is -0.280. The van der Waals surface area contributed by atoms with Crippen LogP contribution in [-0.4, -0.2) is 17.8 Å². The normalized spacial score (nSPS) is 14.8. The average molecular weight is 262 g/mol. The van der Waals surface area contributed by atoms with Crippen molar-refractivity contribution in [1.29, 1.82) is 0 Å². The van der Waals surface area contributed by atoms with Crippen LogP contribution in [0.1, 0.15) is 31.9 Å². The van der Waals surface area contributed by atoms with Crippen molar-refractivity contribution in [3.8, 4) is 0 Å². The molecule has 0 saturated heterocycles. The fourth-order valence-corrected chi connectivity index (χ4v) is 2.31. The van der Waals surface area contributed by atoms with Crippen LogP contribution in [0, 0.1) is 0 Å². The van der Waals surface area contributed by atoms with E-state index in [1.165, 1.54) is 0 Å². The molecule has 0 aliphatic heterocycles. The highest BCUT2D eigenvalue weighted by Gasteiger charge is 2.17. The molecule has 4 heteroatoms. The lowest BCUT2D eigenvalue weighted by atomic mass is 10.0. The Labute approximate surface area is 107 Å². The first-order chi connectivity index (χ1) is 7.60. The van der Waals surface area contributed by atoms with E-state index in [9.17, 15) is 0 Å². The van der Waals surface area contributed by atoms with E-state index in [2.05, 4.69) is 12.2 Å². The van der Waals surface area contributed by atoms with E-state index < -0.39 is 0 Å². The molecule has 16 heavy (non-hydrogen) atoms. The number of aliphatic hydroxyl groups is 1. The first-order valence-electron chi connectivity index (χ1n) is 5.41. The van der Waals surface area contributed by atoms with Crippen LogP contribution in [-0.2, 0) is 0 Å². The van der Waals surface area contributed by atoms with Crippen molar-refractivity contribution in [1.82, 2.24) is 5.32 Å². The topological polar surface area (TPSA) is 32.3 Å². The second kappa shape index (κ2) is 6.45. The quantitative estimate of drug-likeness (QED) is 0.852. The summed E-state index contributed by atoms with van der Waals surface area (Å²) >= 11 is 12.3. The fourth-order valence-electron chi connectivity index (χ4n) is 1.65. The van der Waals surface area contributed by atoms with Crippen LogP contribution in [0.5, 0.6) is 0 Å². The average Bonchev–Trinajstić information content (AvgIpc) is 2.27. The third-order valence-electron chi connectivity index (χ3n) is 2.52. The molecule has 1 rings (SSSR count). The van der Waals surface area contributed by atoms with Gasteiger partial charge in [0.25, 0.3) is 0 Å². The molecule has 2 N–H and O–H groups in total. The largest absolute Gasteiger partial charge is 0.395 e. The molecule has 1 aromatic carbocycles. The van der Waals surface area contributed by atoms with E-state index in [1.807, 2.05) is 25.1 Å². The van der Waals surface area contributed by atoms with Crippen molar-refractivity contribution in [2.75, 3.05) is 6.61 Å². The summed E-state index contributed by atoms with van der Waals surface area (Å²) in [6.45, 7) is 4.08. The maximum atomic E-state index is 9.04. The second-order valence-corrected chi connectivity index (χ2v) is 4.66. The van der Waals surface area contributed by atoms with Crippen molar-refractivity contribution in [2.24, 2.45) is 0 Å². The molecule has 0 fully saturated rings. The molecule has 0 bridgehead atoms. The molecule has 2 nitrogen and oxygen atoms in total. The van der Waals surface area contributed by atoms with Crippen molar-refractivity contribution in [3.05, 3.63) is 33.8 Å². The van der Waals surface area contributed by atoms with Crippen molar-refractivity contribution < 1.29 is 5.11 Å². The number of hydrogen-bond donors (Lipinski definition) is 2. The first-order valence-corrected chi connectivity index (χ1v) is 6.16. The zero-order chi connectivity index (χ0) is 12.1. The maximum absolute atomic E-state index is 9.04. The van der Waals surface area contributed by atoms with Crippen LogP contribution in [0.4, 0.5) is 0 Å². The van der Waals surface area contributed by atoms with Crippen molar-refractivity contribution in [3.63, 3.8) is 0 Å². The molecular weight excluding hydrogens is 245 g/mol. The second-order valence-electron chi connectivity index (χ2n) is 3.85. The van der Waals surface area contributed by atoms with Crippen molar-refractivity contribution in [2.45, 2.75) is 32.4 Å². The van der Waals surface area contributed by atoms with Gasteiger partial charge in [-0.25, -0.2) is 0 Å². The van der Waals surface area contributed by atoms with Crippen LogP contribution in [0.25, 0.3) is 0 Å². The summed E-state index contributed by atoms with van der Waals surface area (Å²) in [5, 5.41) is 13.7. The molecule has 0 amide bonds. The summed E-state index contributed by atoms with van der Waals surface area (Å²) in [5.41, 5.74) is 0.911. The fraction of sp³-hybridized carbons (Fsp3) is 0.500. The minimum atomic E-state index is 0.0253. The Balaban J connectivity index is 2.94. The van der Waals surface area contributed by atoms with Gasteiger partial charge < -0.3 is 10.4 Å². The Morgan fingerprint density at radius 3 is 2.31 bits per heavy atom. The smallest absolute Gasteiger partial charge is 0.0582 e. The van der Waals surface area contributed by atoms with Crippen LogP contribution in [0.15, 0.2) is 18.2 Å². The predicted octanol–water partition coefficient (Wildman–Crippen LogP) is 3.41. The highest BCUT2D eigenvalue weighted by molar-refractivity contribution is 6.36. The lowest BCUT2D eigenvalue weighted by Gasteiger charge is -2.23. The molecule has 0 aliphatic rings. The molecule has 0 aromatic heterocycles. The van der Waals surface area contributed by atoms with Crippen LogP contribution < -0.4 is 5.32 Å².